The number of alkyl halides is 1. The lowest BCUT2D eigenvalue weighted by molar-refractivity contribution is -0.141. The van der Waals surface area contributed by atoms with Crippen molar-refractivity contribution < 1.29 is 28.6 Å². The molecule has 2 aromatic carbocycles. The third-order valence-corrected chi connectivity index (χ3v) is 3.74. The maximum absolute atomic E-state index is 12.1. The maximum Gasteiger partial charge on any atom is 0.343 e. The van der Waals surface area contributed by atoms with Crippen molar-refractivity contribution in [3.05, 3.63) is 59.7 Å². The predicted molar refractivity (Wildman–Crippen MR) is 98.1 cm³/mol. The van der Waals surface area contributed by atoms with Crippen molar-refractivity contribution in [2.45, 2.75) is 11.8 Å². The summed E-state index contributed by atoms with van der Waals surface area (Å²) in [5, 5.41) is 0. The zero-order chi connectivity index (χ0) is 19.1. The van der Waals surface area contributed by atoms with Crippen LogP contribution in [0.5, 0.6) is 11.5 Å². The van der Waals surface area contributed by atoms with Crippen LogP contribution < -0.4 is 9.47 Å². The van der Waals surface area contributed by atoms with Crippen molar-refractivity contribution in [2.24, 2.45) is 0 Å². The standard InChI is InChI=1S/C19H17BrO6/c1-12(20)18(22)25-11-17(21)13-6-8-15(9-7-13)26-19(23)14-4-3-5-16(10-14)24-2/h3-10,12H,11H2,1-2H3/t12-/m0/s1. The van der Waals surface area contributed by atoms with E-state index in [-0.39, 0.29) is 12.4 Å². The average molecular weight is 421 g/mol. The van der Waals surface area contributed by atoms with Gasteiger partial charge < -0.3 is 14.2 Å². The Morgan fingerprint density at radius 3 is 2.31 bits per heavy atom. The Morgan fingerprint density at radius 1 is 1.00 bits per heavy atom. The zero-order valence-corrected chi connectivity index (χ0v) is 15.8. The van der Waals surface area contributed by atoms with Crippen molar-refractivity contribution in [1.82, 2.24) is 0 Å². The molecule has 0 aliphatic heterocycles. The van der Waals surface area contributed by atoms with E-state index in [0.717, 1.165) is 0 Å². The van der Waals surface area contributed by atoms with Crippen LogP contribution in [0, 0.1) is 0 Å². The third kappa shape index (κ3) is 5.42. The molecule has 0 aromatic heterocycles. The molecule has 0 fully saturated rings. The van der Waals surface area contributed by atoms with Crippen LogP contribution in [-0.2, 0) is 9.53 Å². The number of methoxy groups -OCH3 is 1. The van der Waals surface area contributed by atoms with E-state index in [0.29, 0.717) is 22.6 Å². The van der Waals surface area contributed by atoms with Crippen LogP contribution in [0.1, 0.15) is 27.6 Å². The van der Waals surface area contributed by atoms with Crippen LogP contribution in [0.3, 0.4) is 0 Å². The molecule has 0 bridgehead atoms. The molecule has 0 heterocycles. The summed E-state index contributed by atoms with van der Waals surface area (Å²) < 4.78 is 15.2. The number of halogens is 1. The number of rotatable bonds is 7. The fourth-order valence-electron chi connectivity index (χ4n) is 1.96. The monoisotopic (exact) mass is 420 g/mol. The molecule has 136 valence electrons. The lowest BCUT2D eigenvalue weighted by Gasteiger charge is -2.07. The summed E-state index contributed by atoms with van der Waals surface area (Å²) in [4.78, 5) is 35.0. The highest BCUT2D eigenvalue weighted by atomic mass is 79.9. The number of hydrogen-bond acceptors (Lipinski definition) is 6. The van der Waals surface area contributed by atoms with Gasteiger partial charge in [0.1, 0.15) is 16.3 Å². The number of ketones is 1. The fraction of sp³-hybridized carbons (Fsp3) is 0.211. The molecular formula is C19H17BrO6. The topological polar surface area (TPSA) is 78.9 Å². The minimum Gasteiger partial charge on any atom is -0.497 e. The third-order valence-electron chi connectivity index (χ3n) is 3.36. The number of carbonyl (C=O) groups excluding carboxylic acids is 3. The molecular weight excluding hydrogens is 404 g/mol. The van der Waals surface area contributed by atoms with Crippen molar-refractivity contribution in [3.8, 4) is 11.5 Å². The summed E-state index contributed by atoms with van der Waals surface area (Å²) in [6.07, 6.45) is 0. The lowest BCUT2D eigenvalue weighted by Crippen LogP contribution is -2.19. The average Bonchev–Trinajstić information content (AvgIpc) is 2.66. The van der Waals surface area contributed by atoms with Crippen LogP contribution in [0.4, 0.5) is 0 Å². The molecule has 0 radical (unpaired) electrons. The Bertz CT molecular complexity index is 798. The molecule has 7 heteroatoms. The minimum atomic E-state index is -0.539. The molecule has 0 N–H and O–H groups in total. The zero-order valence-electron chi connectivity index (χ0n) is 14.2. The predicted octanol–water partition coefficient (Wildman–Crippen LogP) is 3.42. The highest BCUT2D eigenvalue weighted by Gasteiger charge is 2.14. The van der Waals surface area contributed by atoms with Gasteiger partial charge in [0.25, 0.3) is 0 Å². The molecule has 0 amide bonds. The van der Waals surface area contributed by atoms with E-state index in [9.17, 15) is 14.4 Å². The molecule has 26 heavy (non-hydrogen) atoms. The Labute approximate surface area is 159 Å². The second-order valence-electron chi connectivity index (χ2n) is 5.29. The van der Waals surface area contributed by atoms with Gasteiger partial charge in [-0.05, 0) is 49.4 Å². The van der Waals surface area contributed by atoms with Gasteiger partial charge in [0.05, 0.1) is 12.7 Å². The van der Waals surface area contributed by atoms with E-state index in [1.165, 1.54) is 31.4 Å². The normalized spacial score (nSPS) is 11.3. The lowest BCUT2D eigenvalue weighted by atomic mass is 10.1. The summed E-state index contributed by atoms with van der Waals surface area (Å²) in [5.41, 5.74) is 0.696. The van der Waals surface area contributed by atoms with E-state index in [1.807, 2.05) is 0 Å². The number of carbonyl (C=O) groups is 3. The van der Waals surface area contributed by atoms with E-state index < -0.39 is 16.8 Å². The van der Waals surface area contributed by atoms with E-state index in [1.54, 1.807) is 31.2 Å². The molecule has 0 aliphatic rings. The Morgan fingerprint density at radius 2 is 1.69 bits per heavy atom. The first-order valence-corrected chi connectivity index (χ1v) is 8.62. The summed E-state index contributed by atoms with van der Waals surface area (Å²) in [7, 11) is 1.51. The Hall–Kier alpha value is -2.67. The summed E-state index contributed by atoms with van der Waals surface area (Å²) in [6, 6.07) is 12.6. The van der Waals surface area contributed by atoms with Crippen molar-refractivity contribution >= 4 is 33.7 Å². The van der Waals surface area contributed by atoms with Gasteiger partial charge in [-0.25, -0.2) is 4.79 Å². The molecule has 2 aromatic rings. The number of esters is 2. The molecule has 0 aliphatic carbocycles. The summed E-state index contributed by atoms with van der Waals surface area (Å²) >= 11 is 3.06. The first-order chi connectivity index (χ1) is 12.4. The van der Waals surface area contributed by atoms with Gasteiger partial charge in [-0.1, -0.05) is 22.0 Å². The van der Waals surface area contributed by atoms with Crippen molar-refractivity contribution in [1.29, 1.82) is 0 Å². The van der Waals surface area contributed by atoms with E-state index in [4.69, 9.17) is 14.2 Å². The summed E-state index contributed by atoms with van der Waals surface area (Å²) in [5.74, 6) is -0.559. The van der Waals surface area contributed by atoms with Gasteiger partial charge in [-0.2, -0.15) is 0 Å². The molecule has 6 nitrogen and oxygen atoms in total. The largest absolute Gasteiger partial charge is 0.497 e. The molecule has 0 unspecified atom stereocenters. The van der Waals surface area contributed by atoms with Gasteiger partial charge in [0.2, 0.25) is 0 Å². The van der Waals surface area contributed by atoms with Crippen molar-refractivity contribution in [3.63, 3.8) is 0 Å². The van der Waals surface area contributed by atoms with Gasteiger partial charge in [-0.3, -0.25) is 9.59 Å². The van der Waals surface area contributed by atoms with Gasteiger partial charge >= 0.3 is 11.9 Å². The number of benzene rings is 2. The second kappa shape index (κ2) is 9.15. The van der Waals surface area contributed by atoms with E-state index >= 15 is 0 Å². The molecule has 1 atom stereocenters. The number of Topliss-reactive ketones (excluding diaryl/α,β-unsaturated/α-hetero) is 1. The molecule has 0 saturated heterocycles. The first-order valence-electron chi connectivity index (χ1n) is 7.71. The highest BCUT2D eigenvalue weighted by molar-refractivity contribution is 9.10. The van der Waals surface area contributed by atoms with Gasteiger partial charge in [0.15, 0.2) is 12.4 Å². The van der Waals surface area contributed by atoms with Crippen LogP contribution in [0.2, 0.25) is 0 Å². The van der Waals surface area contributed by atoms with Crippen LogP contribution in [-0.4, -0.2) is 36.3 Å². The van der Waals surface area contributed by atoms with Crippen LogP contribution in [0.15, 0.2) is 48.5 Å². The number of ether oxygens (including phenoxy) is 3. The van der Waals surface area contributed by atoms with Gasteiger partial charge in [-0.15, -0.1) is 0 Å². The second-order valence-corrected chi connectivity index (χ2v) is 6.67. The van der Waals surface area contributed by atoms with Crippen molar-refractivity contribution in [2.75, 3.05) is 13.7 Å². The number of hydrogen-bond donors (Lipinski definition) is 0. The van der Waals surface area contributed by atoms with Gasteiger partial charge in [0, 0.05) is 5.56 Å². The van der Waals surface area contributed by atoms with Crippen LogP contribution >= 0.6 is 15.9 Å². The quantitative estimate of drug-likeness (QED) is 0.295. The van der Waals surface area contributed by atoms with Crippen LogP contribution in [0.25, 0.3) is 0 Å². The molecule has 2 rings (SSSR count). The SMILES string of the molecule is COc1cccc(C(=O)Oc2ccc(C(=O)COC(=O)[C@H](C)Br)cc2)c1. The molecule has 0 spiro atoms. The Balaban J connectivity index is 1.97. The highest BCUT2D eigenvalue weighted by Crippen LogP contribution is 2.17. The summed E-state index contributed by atoms with van der Waals surface area (Å²) in [6.45, 7) is 1.26. The minimum absolute atomic E-state index is 0.292. The fourth-order valence-corrected chi connectivity index (χ4v) is 2.09. The first kappa shape index (κ1) is 19.7. The maximum atomic E-state index is 12.1. The smallest absolute Gasteiger partial charge is 0.343 e. The van der Waals surface area contributed by atoms with E-state index in [2.05, 4.69) is 15.9 Å². The Kier molecular flexibility index (Phi) is 6.91. The molecule has 0 saturated carbocycles.